The number of hydrogen-bond acceptors (Lipinski definition) is 3. The van der Waals surface area contributed by atoms with E-state index in [9.17, 15) is 17.2 Å². The Bertz CT molecular complexity index is 427. The molecule has 0 aliphatic carbocycles. The zero-order valence-electron chi connectivity index (χ0n) is 8.16. The van der Waals surface area contributed by atoms with Crippen LogP contribution in [0.25, 0.3) is 0 Å². The summed E-state index contributed by atoms with van der Waals surface area (Å²) >= 11 is 0. The van der Waals surface area contributed by atoms with Gasteiger partial charge < -0.3 is 0 Å². The standard InChI is InChI=1S/C7H11F2N3O2S/c1-4(2)5-3-6(11-10-5)12-15(13,14)7(8)9/h3-4,7H,1-2H3,(H2,10,11,12). The molecular formula is C7H11F2N3O2S. The lowest BCUT2D eigenvalue weighted by molar-refractivity contribution is 0.236. The van der Waals surface area contributed by atoms with E-state index in [0.29, 0.717) is 5.69 Å². The molecule has 0 saturated carbocycles. The van der Waals surface area contributed by atoms with Crippen LogP contribution in [-0.4, -0.2) is 24.4 Å². The van der Waals surface area contributed by atoms with Crippen LogP contribution in [0.2, 0.25) is 0 Å². The van der Waals surface area contributed by atoms with Crippen LogP contribution in [0.5, 0.6) is 0 Å². The molecule has 5 nitrogen and oxygen atoms in total. The Kier molecular flexibility index (Phi) is 3.28. The zero-order chi connectivity index (χ0) is 11.6. The van der Waals surface area contributed by atoms with E-state index in [1.807, 2.05) is 13.8 Å². The maximum absolute atomic E-state index is 12.0. The Hall–Kier alpha value is -1.18. The molecule has 0 aliphatic rings. The van der Waals surface area contributed by atoms with Crippen molar-refractivity contribution in [1.29, 1.82) is 0 Å². The highest BCUT2D eigenvalue weighted by Crippen LogP contribution is 2.17. The fourth-order valence-corrected chi connectivity index (χ4v) is 1.36. The summed E-state index contributed by atoms with van der Waals surface area (Å²) in [6, 6.07) is 1.38. The molecule has 0 atom stereocenters. The predicted octanol–water partition coefficient (Wildman–Crippen LogP) is 1.50. The van der Waals surface area contributed by atoms with Crippen LogP contribution < -0.4 is 4.72 Å². The molecule has 0 bridgehead atoms. The van der Waals surface area contributed by atoms with Gasteiger partial charge in [-0.25, -0.2) is 8.42 Å². The topological polar surface area (TPSA) is 74.8 Å². The maximum atomic E-state index is 12.0. The summed E-state index contributed by atoms with van der Waals surface area (Å²) in [6.07, 6.45) is 0. The van der Waals surface area contributed by atoms with Gasteiger partial charge in [-0.2, -0.15) is 13.9 Å². The Morgan fingerprint density at radius 2 is 2.07 bits per heavy atom. The van der Waals surface area contributed by atoms with Gasteiger partial charge in [0, 0.05) is 11.8 Å². The second-order valence-corrected chi connectivity index (χ2v) is 4.92. The molecule has 0 amide bonds. The average Bonchev–Trinajstić information content (AvgIpc) is 2.51. The van der Waals surface area contributed by atoms with E-state index in [2.05, 4.69) is 10.2 Å². The first-order valence-electron chi connectivity index (χ1n) is 4.18. The molecular weight excluding hydrogens is 228 g/mol. The number of aromatic amines is 1. The van der Waals surface area contributed by atoms with Crippen molar-refractivity contribution in [3.05, 3.63) is 11.8 Å². The molecule has 0 radical (unpaired) electrons. The molecule has 1 aromatic rings. The number of alkyl halides is 2. The van der Waals surface area contributed by atoms with Crippen LogP contribution in [0.15, 0.2) is 6.07 Å². The molecule has 0 aromatic carbocycles. The summed E-state index contributed by atoms with van der Waals surface area (Å²) in [6.45, 7) is 3.72. The van der Waals surface area contributed by atoms with Crippen LogP contribution in [-0.2, 0) is 10.0 Å². The number of hydrogen-bond donors (Lipinski definition) is 2. The van der Waals surface area contributed by atoms with Crippen molar-refractivity contribution < 1.29 is 17.2 Å². The summed E-state index contributed by atoms with van der Waals surface area (Å²) in [5.41, 5.74) is 0.668. The van der Waals surface area contributed by atoms with Crippen LogP contribution >= 0.6 is 0 Å². The second kappa shape index (κ2) is 4.13. The van der Waals surface area contributed by atoms with Crippen molar-refractivity contribution in [2.45, 2.75) is 25.5 Å². The highest BCUT2D eigenvalue weighted by atomic mass is 32.2. The largest absolute Gasteiger partial charge is 0.355 e. The minimum atomic E-state index is -4.63. The summed E-state index contributed by atoms with van der Waals surface area (Å²) in [5.74, 6) is -3.47. The molecule has 0 unspecified atom stereocenters. The lowest BCUT2D eigenvalue weighted by atomic mass is 10.1. The number of H-pyrrole nitrogens is 1. The third-order valence-electron chi connectivity index (χ3n) is 1.70. The predicted molar refractivity (Wildman–Crippen MR) is 51.2 cm³/mol. The first-order valence-corrected chi connectivity index (χ1v) is 5.72. The Balaban J connectivity index is 2.82. The number of nitrogens with one attached hydrogen (secondary N) is 2. The van der Waals surface area contributed by atoms with Gasteiger partial charge in [0.25, 0.3) is 10.0 Å². The van der Waals surface area contributed by atoms with E-state index >= 15 is 0 Å². The van der Waals surface area contributed by atoms with E-state index in [4.69, 9.17) is 0 Å². The van der Waals surface area contributed by atoms with E-state index in [1.54, 1.807) is 4.72 Å². The molecule has 0 aliphatic heterocycles. The SMILES string of the molecule is CC(C)c1cc(NS(=O)(=O)C(F)F)n[nH]1. The summed E-state index contributed by atoms with van der Waals surface area (Å²) in [4.78, 5) is 0. The average molecular weight is 239 g/mol. The number of aromatic nitrogens is 2. The summed E-state index contributed by atoms with van der Waals surface area (Å²) in [5, 5.41) is 6.10. The van der Waals surface area contributed by atoms with Crippen molar-refractivity contribution in [1.82, 2.24) is 10.2 Å². The van der Waals surface area contributed by atoms with Gasteiger partial charge in [-0.1, -0.05) is 13.8 Å². The fraction of sp³-hybridized carbons (Fsp3) is 0.571. The first kappa shape index (κ1) is 11.9. The molecule has 1 heterocycles. The summed E-state index contributed by atoms with van der Waals surface area (Å²) < 4.78 is 47.2. The monoisotopic (exact) mass is 239 g/mol. The van der Waals surface area contributed by atoms with Gasteiger partial charge in [0.05, 0.1) is 0 Å². The number of rotatable bonds is 4. The molecule has 1 rings (SSSR count). The molecule has 8 heteroatoms. The number of anilines is 1. The van der Waals surface area contributed by atoms with E-state index in [1.165, 1.54) is 6.07 Å². The quantitative estimate of drug-likeness (QED) is 0.836. The molecule has 0 fully saturated rings. The zero-order valence-corrected chi connectivity index (χ0v) is 8.98. The molecule has 2 N–H and O–H groups in total. The lowest BCUT2D eigenvalue weighted by Gasteiger charge is -2.02. The van der Waals surface area contributed by atoms with Crippen LogP contribution in [0.3, 0.4) is 0 Å². The van der Waals surface area contributed by atoms with E-state index < -0.39 is 15.8 Å². The lowest BCUT2D eigenvalue weighted by Crippen LogP contribution is -2.20. The Morgan fingerprint density at radius 1 is 1.47 bits per heavy atom. The van der Waals surface area contributed by atoms with Gasteiger partial charge in [-0.3, -0.25) is 9.82 Å². The maximum Gasteiger partial charge on any atom is 0.355 e. The fourth-order valence-electron chi connectivity index (χ4n) is 0.875. The molecule has 0 saturated heterocycles. The van der Waals surface area contributed by atoms with E-state index in [0.717, 1.165) is 0 Å². The van der Waals surface area contributed by atoms with Gasteiger partial charge in [-0.15, -0.1) is 0 Å². The highest BCUT2D eigenvalue weighted by molar-refractivity contribution is 7.92. The van der Waals surface area contributed by atoms with Gasteiger partial charge in [-0.05, 0) is 5.92 Å². The normalized spacial score (nSPS) is 12.4. The minimum Gasteiger partial charge on any atom is -0.280 e. The molecule has 86 valence electrons. The number of sulfonamides is 1. The van der Waals surface area contributed by atoms with Crippen molar-refractivity contribution in [3.8, 4) is 0 Å². The van der Waals surface area contributed by atoms with Crippen molar-refractivity contribution in [3.63, 3.8) is 0 Å². The second-order valence-electron chi connectivity index (χ2n) is 3.27. The Labute approximate surface area is 85.9 Å². The van der Waals surface area contributed by atoms with Gasteiger partial charge in [0.15, 0.2) is 5.82 Å². The van der Waals surface area contributed by atoms with Crippen LogP contribution in [0.4, 0.5) is 14.6 Å². The van der Waals surface area contributed by atoms with E-state index in [-0.39, 0.29) is 11.7 Å². The van der Waals surface area contributed by atoms with Crippen molar-refractivity contribution >= 4 is 15.8 Å². The first-order chi connectivity index (χ1) is 6.83. The number of halogens is 2. The highest BCUT2D eigenvalue weighted by Gasteiger charge is 2.24. The van der Waals surface area contributed by atoms with Crippen LogP contribution in [0.1, 0.15) is 25.5 Å². The van der Waals surface area contributed by atoms with Gasteiger partial charge in [0.2, 0.25) is 0 Å². The third kappa shape index (κ3) is 2.88. The van der Waals surface area contributed by atoms with Gasteiger partial charge >= 0.3 is 5.76 Å². The minimum absolute atomic E-state index is 0.113. The molecule has 15 heavy (non-hydrogen) atoms. The number of nitrogens with zero attached hydrogens (tertiary/aromatic N) is 1. The third-order valence-corrected chi connectivity index (χ3v) is 2.66. The summed E-state index contributed by atoms with van der Waals surface area (Å²) in [7, 11) is -4.63. The smallest absolute Gasteiger partial charge is 0.280 e. The van der Waals surface area contributed by atoms with Crippen LogP contribution in [0, 0.1) is 0 Å². The Morgan fingerprint density at radius 3 is 2.47 bits per heavy atom. The van der Waals surface area contributed by atoms with Crippen molar-refractivity contribution in [2.24, 2.45) is 0 Å². The van der Waals surface area contributed by atoms with Crippen molar-refractivity contribution in [2.75, 3.05) is 4.72 Å². The molecule has 1 aromatic heterocycles. The van der Waals surface area contributed by atoms with Gasteiger partial charge in [0.1, 0.15) is 0 Å². The molecule has 0 spiro atoms.